The highest BCUT2D eigenvalue weighted by Crippen LogP contribution is 2.54. The first kappa shape index (κ1) is 30.6. The van der Waals surface area contributed by atoms with Gasteiger partial charge in [0.15, 0.2) is 40.3 Å². The lowest BCUT2D eigenvalue weighted by molar-refractivity contribution is -0.196. The predicted molar refractivity (Wildman–Crippen MR) is 148 cm³/mol. The minimum Gasteiger partial charge on any atom is -0.507 e. The molecule has 2 saturated carbocycles. The summed E-state index contributed by atoms with van der Waals surface area (Å²) in [5.74, 6) is -14.5. The van der Waals surface area contributed by atoms with Crippen molar-refractivity contribution in [3.63, 3.8) is 0 Å². The number of aromatic hydroxyl groups is 1. The standard InChI is InChI=1S/C29H31N3O10S/c1-5-42-28(40)13-9-43-14(31-13)8-11-6-7-12-10(2)15-17(22(34)16(12)21(11)33)25(37)29(41)19(23(15)35)20(32(3)4)24(36)18(26(29)38)27(30)39/h6-7,9-10,15,17-20,23,33,35,41H,5,8H2,1-4H3,(H2,30,39)/t10-,15+,17?,18?,19+,20-,23-,29-/m0/s1. The van der Waals surface area contributed by atoms with Gasteiger partial charge < -0.3 is 25.8 Å². The van der Waals surface area contributed by atoms with Crippen LogP contribution in [0.5, 0.6) is 5.75 Å². The number of esters is 1. The maximum atomic E-state index is 14.1. The number of Topliss-reactive ketones (excluding diaryl/α,β-unsaturated/α-hetero) is 4. The van der Waals surface area contributed by atoms with Crippen LogP contribution in [0.25, 0.3) is 0 Å². The zero-order valence-corrected chi connectivity index (χ0v) is 24.6. The average Bonchev–Trinajstić information content (AvgIpc) is 3.40. The molecule has 5 rings (SSSR count). The van der Waals surface area contributed by atoms with E-state index in [1.165, 1.54) is 24.4 Å². The number of hydrogen-bond donors (Lipinski definition) is 4. The van der Waals surface area contributed by atoms with Crippen LogP contribution in [0.1, 0.15) is 56.7 Å². The van der Waals surface area contributed by atoms with Crippen molar-refractivity contribution in [3.05, 3.63) is 44.9 Å². The van der Waals surface area contributed by atoms with Crippen LogP contribution in [-0.2, 0) is 30.3 Å². The highest BCUT2D eigenvalue weighted by Gasteiger charge is 2.72. The fourth-order valence-corrected chi connectivity index (χ4v) is 7.82. The monoisotopic (exact) mass is 613 g/mol. The summed E-state index contributed by atoms with van der Waals surface area (Å²) in [5.41, 5.74) is 2.77. The molecule has 0 radical (unpaired) electrons. The van der Waals surface area contributed by atoms with Gasteiger partial charge in [0, 0.05) is 23.3 Å². The summed E-state index contributed by atoms with van der Waals surface area (Å²) in [6.07, 6.45) is -1.67. The Balaban J connectivity index is 1.58. The number of ketones is 4. The lowest BCUT2D eigenvalue weighted by atomic mass is 9.49. The van der Waals surface area contributed by atoms with E-state index in [9.17, 15) is 44.1 Å². The number of amides is 1. The maximum absolute atomic E-state index is 14.1. The number of fused-ring (bicyclic) bond motifs is 3. The average molecular weight is 614 g/mol. The molecule has 1 aromatic heterocycles. The SMILES string of the molecule is CCOC(=O)c1csc(Cc2ccc3c(c2O)C(=O)C2C(=O)[C@]4(O)C(=O)C(C(N)=O)C(=O)[C@@H](N(C)C)[C@@H]4[C@@H](O)[C@@H]2[C@H]3C)n1. The number of thiazole rings is 1. The molecule has 1 aromatic carbocycles. The van der Waals surface area contributed by atoms with Crippen LogP contribution in [0.4, 0.5) is 0 Å². The molecule has 2 unspecified atom stereocenters. The minimum absolute atomic E-state index is 0.0347. The summed E-state index contributed by atoms with van der Waals surface area (Å²) in [6, 6.07) is 1.73. The van der Waals surface area contributed by atoms with Crippen molar-refractivity contribution in [2.45, 2.75) is 43.9 Å². The summed E-state index contributed by atoms with van der Waals surface area (Å²) in [4.78, 5) is 84.5. The minimum atomic E-state index is -3.06. The third kappa shape index (κ3) is 4.34. The summed E-state index contributed by atoms with van der Waals surface area (Å²) >= 11 is 1.15. The third-order valence-corrected chi connectivity index (χ3v) is 9.80. The van der Waals surface area contributed by atoms with Crippen LogP contribution >= 0.6 is 11.3 Å². The molecule has 0 aliphatic heterocycles. The number of carbonyl (C=O) groups excluding carboxylic acids is 6. The Morgan fingerprint density at radius 2 is 1.84 bits per heavy atom. The van der Waals surface area contributed by atoms with Gasteiger partial charge >= 0.3 is 5.97 Å². The van der Waals surface area contributed by atoms with E-state index in [1.54, 1.807) is 26.0 Å². The number of ether oxygens (including phenoxy) is 1. The molecule has 3 aliphatic carbocycles. The van der Waals surface area contributed by atoms with E-state index in [0.717, 1.165) is 11.3 Å². The van der Waals surface area contributed by atoms with Gasteiger partial charge in [0.25, 0.3) is 0 Å². The van der Waals surface area contributed by atoms with Gasteiger partial charge in [-0.05, 0) is 32.5 Å². The van der Waals surface area contributed by atoms with E-state index < -0.39 is 88.1 Å². The van der Waals surface area contributed by atoms with Gasteiger partial charge in [-0.1, -0.05) is 19.1 Å². The molecular formula is C29H31N3O10S. The molecule has 0 saturated heterocycles. The molecule has 5 N–H and O–H groups in total. The summed E-state index contributed by atoms with van der Waals surface area (Å²) < 4.78 is 4.95. The molecular weight excluding hydrogens is 582 g/mol. The van der Waals surface area contributed by atoms with Gasteiger partial charge in [-0.2, -0.15) is 0 Å². The number of likely N-dealkylation sites (N-methyl/N-ethyl adjacent to an activating group) is 1. The third-order valence-electron chi connectivity index (χ3n) is 8.95. The number of primary amides is 1. The largest absolute Gasteiger partial charge is 0.507 e. The molecule has 2 fully saturated rings. The van der Waals surface area contributed by atoms with E-state index in [2.05, 4.69) is 4.98 Å². The van der Waals surface area contributed by atoms with Gasteiger partial charge in [-0.15, -0.1) is 11.3 Å². The quantitative estimate of drug-likeness (QED) is 0.242. The highest BCUT2D eigenvalue weighted by molar-refractivity contribution is 7.09. The first-order valence-electron chi connectivity index (χ1n) is 13.7. The Morgan fingerprint density at radius 1 is 1.16 bits per heavy atom. The van der Waals surface area contributed by atoms with Crippen molar-refractivity contribution in [1.82, 2.24) is 9.88 Å². The normalized spacial score (nSPS) is 31.8. The van der Waals surface area contributed by atoms with E-state index in [-0.39, 0.29) is 29.8 Å². The predicted octanol–water partition coefficient (Wildman–Crippen LogP) is -0.377. The number of nitrogens with two attached hydrogens (primary N) is 1. The second kappa shape index (κ2) is 10.7. The second-order valence-corrected chi connectivity index (χ2v) is 12.4. The lowest BCUT2D eigenvalue weighted by Crippen LogP contribution is -2.77. The Morgan fingerprint density at radius 3 is 2.44 bits per heavy atom. The van der Waals surface area contributed by atoms with Gasteiger partial charge in [0.1, 0.15) is 5.75 Å². The fourth-order valence-electron chi connectivity index (χ4n) is 7.03. The van der Waals surface area contributed by atoms with Crippen LogP contribution in [0.15, 0.2) is 17.5 Å². The number of phenols is 1. The Kier molecular flexibility index (Phi) is 7.61. The topological polar surface area (TPSA) is 214 Å². The van der Waals surface area contributed by atoms with E-state index >= 15 is 0 Å². The maximum Gasteiger partial charge on any atom is 0.357 e. The van der Waals surface area contributed by atoms with Gasteiger partial charge in [0.05, 0.1) is 41.2 Å². The van der Waals surface area contributed by atoms with Crippen LogP contribution in [0, 0.1) is 23.7 Å². The van der Waals surface area contributed by atoms with Gasteiger partial charge in [-0.3, -0.25) is 28.9 Å². The van der Waals surface area contributed by atoms with Crippen molar-refractivity contribution < 1.29 is 48.8 Å². The fraction of sp³-hybridized carbons (Fsp3) is 0.483. The first-order chi connectivity index (χ1) is 20.2. The number of aliphatic hydroxyl groups excluding tert-OH is 1. The molecule has 8 atom stereocenters. The Labute approximate surface area is 249 Å². The number of benzene rings is 1. The molecule has 2 aromatic rings. The lowest BCUT2D eigenvalue weighted by Gasteiger charge is -2.56. The van der Waals surface area contributed by atoms with Gasteiger partial charge in [-0.25, -0.2) is 9.78 Å². The van der Waals surface area contributed by atoms with Crippen molar-refractivity contribution >= 4 is 46.3 Å². The Bertz CT molecular complexity index is 1580. The molecule has 14 heteroatoms. The molecule has 13 nitrogen and oxygen atoms in total. The molecule has 0 spiro atoms. The van der Waals surface area contributed by atoms with E-state index in [1.807, 2.05) is 0 Å². The number of hydrogen-bond acceptors (Lipinski definition) is 13. The van der Waals surface area contributed by atoms with Crippen LogP contribution in [0.3, 0.4) is 0 Å². The molecule has 1 amide bonds. The smallest absolute Gasteiger partial charge is 0.357 e. The second-order valence-electron chi connectivity index (χ2n) is 11.4. The van der Waals surface area contributed by atoms with E-state index in [0.29, 0.717) is 10.6 Å². The number of rotatable bonds is 6. The summed E-state index contributed by atoms with van der Waals surface area (Å²) in [5, 5.41) is 36.6. The highest BCUT2D eigenvalue weighted by atomic mass is 32.1. The van der Waals surface area contributed by atoms with Crippen LogP contribution < -0.4 is 5.73 Å². The molecule has 43 heavy (non-hydrogen) atoms. The number of aliphatic hydroxyl groups is 2. The number of aromatic nitrogens is 1. The zero-order valence-electron chi connectivity index (χ0n) is 23.8. The molecule has 3 aliphatic rings. The van der Waals surface area contributed by atoms with Crippen LogP contribution in [-0.4, -0.2) is 98.7 Å². The number of carbonyl (C=O) groups is 6. The zero-order chi connectivity index (χ0) is 31.7. The number of phenolic OH excluding ortho intramolecular Hbond substituents is 1. The molecule has 228 valence electrons. The van der Waals surface area contributed by atoms with E-state index in [4.69, 9.17) is 10.5 Å². The van der Waals surface area contributed by atoms with Crippen molar-refractivity contribution in [3.8, 4) is 5.75 Å². The summed E-state index contributed by atoms with van der Waals surface area (Å²) in [7, 11) is 2.87. The van der Waals surface area contributed by atoms with Crippen molar-refractivity contribution in [2.24, 2.45) is 29.4 Å². The summed E-state index contributed by atoms with van der Waals surface area (Å²) in [6.45, 7) is 3.47. The van der Waals surface area contributed by atoms with Crippen LogP contribution in [0.2, 0.25) is 0 Å². The molecule has 0 bridgehead atoms. The van der Waals surface area contributed by atoms with Crippen molar-refractivity contribution in [2.75, 3.05) is 20.7 Å². The first-order valence-corrected chi connectivity index (χ1v) is 14.5. The number of nitrogens with zero attached hydrogens (tertiary/aromatic N) is 2. The van der Waals surface area contributed by atoms with Gasteiger partial charge in [0.2, 0.25) is 5.91 Å². The van der Waals surface area contributed by atoms with Crippen molar-refractivity contribution in [1.29, 1.82) is 0 Å². The Hall–Kier alpha value is -3.85. The molecule has 1 heterocycles.